The molecule has 124 valence electrons. The number of rotatable bonds is 5. The second kappa shape index (κ2) is 7.60. The van der Waals surface area contributed by atoms with Crippen LogP contribution in [-0.2, 0) is 0 Å². The average molecular weight is 349 g/mol. The maximum absolute atomic E-state index is 12.3. The summed E-state index contributed by atoms with van der Waals surface area (Å²) in [6.45, 7) is 2.50. The van der Waals surface area contributed by atoms with Crippen LogP contribution < -0.4 is 10.1 Å². The number of ether oxygens (including phenoxy) is 1. The number of nitrogens with one attached hydrogen (secondary N) is 1. The smallest absolute Gasteiger partial charge is 0.257 e. The topological polar surface area (TPSA) is 75.0 Å². The standard InChI is InChI=1S/C19H15N3O2S/c1-2-24-16-9-7-15(8-10-16)18(23)22-19-21-17(12-25-19)14-5-3-13(11-20)4-6-14/h3-10,12H,2H2,1H3,(H,21,22,23). The highest BCUT2D eigenvalue weighted by atomic mass is 32.1. The Balaban J connectivity index is 1.69. The molecule has 0 spiro atoms. The van der Waals surface area contributed by atoms with E-state index in [0.29, 0.717) is 22.9 Å². The Bertz CT molecular complexity index is 909. The van der Waals surface area contributed by atoms with Gasteiger partial charge in [-0.15, -0.1) is 11.3 Å². The molecule has 25 heavy (non-hydrogen) atoms. The Kier molecular flexibility index (Phi) is 5.07. The van der Waals surface area contributed by atoms with Crippen LogP contribution in [-0.4, -0.2) is 17.5 Å². The monoisotopic (exact) mass is 349 g/mol. The average Bonchev–Trinajstić information content (AvgIpc) is 3.11. The van der Waals surface area contributed by atoms with Gasteiger partial charge in [0.1, 0.15) is 5.75 Å². The van der Waals surface area contributed by atoms with Crippen LogP contribution in [0.4, 0.5) is 5.13 Å². The molecule has 0 atom stereocenters. The van der Waals surface area contributed by atoms with Gasteiger partial charge in [0.25, 0.3) is 5.91 Å². The Morgan fingerprint density at radius 3 is 2.56 bits per heavy atom. The lowest BCUT2D eigenvalue weighted by atomic mass is 10.1. The summed E-state index contributed by atoms with van der Waals surface area (Å²) in [6.07, 6.45) is 0. The predicted octanol–water partition coefficient (Wildman–Crippen LogP) is 4.33. The van der Waals surface area contributed by atoms with Crippen molar-refractivity contribution >= 4 is 22.4 Å². The minimum absolute atomic E-state index is 0.219. The first-order valence-electron chi connectivity index (χ1n) is 7.70. The molecule has 6 heteroatoms. The molecule has 0 fully saturated rings. The maximum Gasteiger partial charge on any atom is 0.257 e. The molecule has 5 nitrogen and oxygen atoms in total. The molecule has 1 amide bonds. The summed E-state index contributed by atoms with van der Waals surface area (Å²) in [5, 5.41) is 14.0. The molecule has 0 aliphatic rings. The van der Waals surface area contributed by atoms with Gasteiger partial charge in [-0.1, -0.05) is 12.1 Å². The van der Waals surface area contributed by atoms with Crippen LogP contribution in [0.2, 0.25) is 0 Å². The zero-order valence-corrected chi connectivity index (χ0v) is 14.3. The number of carbonyl (C=O) groups excluding carboxylic acids is 1. The highest BCUT2D eigenvalue weighted by Crippen LogP contribution is 2.25. The van der Waals surface area contributed by atoms with Crippen molar-refractivity contribution in [1.29, 1.82) is 5.26 Å². The predicted molar refractivity (Wildman–Crippen MR) is 97.8 cm³/mol. The van der Waals surface area contributed by atoms with E-state index in [1.807, 2.05) is 24.4 Å². The second-order valence-corrected chi connectivity index (χ2v) is 6.00. The van der Waals surface area contributed by atoms with E-state index in [4.69, 9.17) is 10.00 Å². The molecule has 1 aromatic heterocycles. The van der Waals surface area contributed by atoms with Gasteiger partial charge in [-0.3, -0.25) is 10.1 Å². The normalized spacial score (nSPS) is 10.1. The molecular weight excluding hydrogens is 334 g/mol. The van der Waals surface area contributed by atoms with Gasteiger partial charge >= 0.3 is 0 Å². The number of nitriles is 1. The van der Waals surface area contributed by atoms with E-state index in [1.165, 1.54) is 11.3 Å². The van der Waals surface area contributed by atoms with E-state index in [9.17, 15) is 4.79 Å². The first kappa shape index (κ1) is 16.7. The van der Waals surface area contributed by atoms with Crippen LogP contribution in [0.1, 0.15) is 22.8 Å². The van der Waals surface area contributed by atoms with Gasteiger partial charge in [0.15, 0.2) is 5.13 Å². The number of carbonyl (C=O) groups is 1. The zero-order chi connectivity index (χ0) is 17.6. The molecule has 3 rings (SSSR count). The molecule has 0 aliphatic carbocycles. The fraction of sp³-hybridized carbons (Fsp3) is 0.105. The number of amides is 1. The third-order valence-electron chi connectivity index (χ3n) is 3.46. The van der Waals surface area contributed by atoms with Crippen LogP contribution in [0.5, 0.6) is 5.75 Å². The lowest BCUT2D eigenvalue weighted by Gasteiger charge is -2.04. The highest BCUT2D eigenvalue weighted by molar-refractivity contribution is 7.14. The van der Waals surface area contributed by atoms with Crippen LogP contribution in [0, 0.1) is 11.3 Å². The summed E-state index contributed by atoms with van der Waals surface area (Å²) < 4.78 is 5.37. The van der Waals surface area contributed by atoms with Crippen LogP contribution in [0.25, 0.3) is 11.3 Å². The van der Waals surface area contributed by atoms with Gasteiger partial charge < -0.3 is 4.74 Å². The van der Waals surface area contributed by atoms with Crippen molar-refractivity contribution in [2.45, 2.75) is 6.92 Å². The van der Waals surface area contributed by atoms with Gasteiger partial charge in [-0.05, 0) is 43.3 Å². The summed E-state index contributed by atoms with van der Waals surface area (Å²) >= 11 is 1.36. The van der Waals surface area contributed by atoms with Crippen molar-refractivity contribution in [3.8, 4) is 23.1 Å². The Hall–Kier alpha value is -3.17. The van der Waals surface area contributed by atoms with E-state index in [-0.39, 0.29) is 5.91 Å². The molecule has 2 aromatic carbocycles. The molecule has 0 saturated carbocycles. The van der Waals surface area contributed by atoms with Crippen LogP contribution in [0.3, 0.4) is 0 Å². The third-order valence-corrected chi connectivity index (χ3v) is 4.22. The SMILES string of the molecule is CCOc1ccc(C(=O)Nc2nc(-c3ccc(C#N)cc3)cs2)cc1. The van der Waals surface area contributed by atoms with E-state index >= 15 is 0 Å². The Morgan fingerprint density at radius 1 is 1.20 bits per heavy atom. The number of thiazole rings is 1. The van der Waals surface area contributed by atoms with Gasteiger partial charge in [0.2, 0.25) is 0 Å². The summed E-state index contributed by atoms with van der Waals surface area (Å²) in [7, 11) is 0. The first-order valence-corrected chi connectivity index (χ1v) is 8.58. The molecular formula is C19H15N3O2S. The fourth-order valence-electron chi connectivity index (χ4n) is 2.22. The summed E-state index contributed by atoms with van der Waals surface area (Å²) in [5.41, 5.74) is 2.80. The quantitative estimate of drug-likeness (QED) is 0.744. The van der Waals surface area contributed by atoms with Crippen molar-refractivity contribution in [3.63, 3.8) is 0 Å². The number of hydrogen-bond acceptors (Lipinski definition) is 5. The minimum Gasteiger partial charge on any atom is -0.494 e. The van der Waals surface area contributed by atoms with E-state index in [0.717, 1.165) is 17.0 Å². The van der Waals surface area contributed by atoms with Gasteiger partial charge in [0, 0.05) is 16.5 Å². The largest absolute Gasteiger partial charge is 0.494 e. The van der Waals surface area contributed by atoms with Crippen molar-refractivity contribution in [3.05, 3.63) is 65.0 Å². The minimum atomic E-state index is -0.219. The molecule has 0 radical (unpaired) electrons. The Morgan fingerprint density at radius 2 is 1.92 bits per heavy atom. The molecule has 3 aromatic rings. The highest BCUT2D eigenvalue weighted by Gasteiger charge is 2.10. The third kappa shape index (κ3) is 4.03. The van der Waals surface area contributed by atoms with Gasteiger partial charge in [-0.25, -0.2) is 4.98 Å². The summed E-state index contributed by atoms with van der Waals surface area (Å²) in [6, 6.07) is 16.2. The van der Waals surface area contributed by atoms with Gasteiger partial charge in [-0.2, -0.15) is 5.26 Å². The van der Waals surface area contributed by atoms with Gasteiger partial charge in [0.05, 0.1) is 23.9 Å². The zero-order valence-electron chi connectivity index (χ0n) is 13.5. The van der Waals surface area contributed by atoms with Crippen molar-refractivity contribution in [1.82, 2.24) is 4.98 Å². The van der Waals surface area contributed by atoms with E-state index < -0.39 is 0 Å². The van der Waals surface area contributed by atoms with E-state index in [2.05, 4.69) is 16.4 Å². The Labute approximate surface area is 149 Å². The lowest BCUT2D eigenvalue weighted by molar-refractivity contribution is 0.102. The van der Waals surface area contributed by atoms with Crippen molar-refractivity contribution in [2.24, 2.45) is 0 Å². The molecule has 0 unspecified atom stereocenters. The number of hydrogen-bond donors (Lipinski definition) is 1. The first-order chi connectivity index (χ1) is 12.2. The molecule has 1 N–H and O–H groups in total. The second-order valence-electron chi connectivity index (χ2n) is 5.14. The van der Waals surface area contributed by atoms with Crippen LogP contribution in [0.15, 0.2) is 53.9 Å². The lowest BCUT2D eigenvalue weighted by Crippen LogP contribution is -2.11. The van der Waals surface area contributed by atoms with Crippen molar-refractivity contribution in [2.75, 3.05) is 11.9 Å². The number of anilines is 1. The summed E-state index contributed by atoms with van der Waals surface area (Å²) in [5.74, 6) is 0.514. The molecule has 0 saturated heterocycles. The number of nitrogens with zero attached hydrogens (tertiary/aromatic N) is 2. The van der Waals surface area contributed by atoms with Crippen LogP contribution >= 0.6 is 11.3 Å². The molecule has 0 bridgehead atoms. The molecule has 0 aliphatic heterocycles. The number of benzene rings is 2. The fourth-order valence-corrected chi connectivity index (χ4v) is 2.93. The number of aromatic nitrogens is 1. The van der Waals surface area contributed by atoms with Crippen molar-refractivity contribution < 1.29 is 9.53 Å². The summed E-state index contributed by atoms with van der Waals surface area (Å²) in [4.78, 5) is 16.7. The molecule has 1 heterocycles. The van der Waals surface area contributed by atoms with E-state index in [1.54, 1.807) is 36.4 Å². The maximum atomic E-state index is 12.3.